The molecular formula is C15H20BrN3. The molecule has 0 aliphatic heterocycles. The van der Waals surface area contributed by atoms with E-state index in [0.717, 1.165) is 15.5 Å². The zero-order valence-corrected chi connectivity index (χ0v) is 13.1. The van der Waals surface area contributed by atoms with Gasteiger partial charge in [-0.25, -0.2) is 4.98 Å². The summed E-state index contributed by atoms with van der Waals surface area (Å²) in [5.74, 6) is 0.646. The Labute approximate surface area is 122 Å². The van der Waals surface area contributed by atoms with Crippen LogP contribution >= 0.6 is 15.9 Å². The first-order valence-electron chi connectivity index (χ1n) is 6.92. The van der Waals surface area contributed by atoms with Crippen molar-refractivity contribution in [2.24, 2.45) is 5.41 Å². The molecule has 1 fully saturated rings. The number of hydrogen-bond acceptors (Lipinski definition) is 2. The highest BCUT2D eigenvalue weighted by atomic mass is 79.9. The molecule has 2 aromatic rings. The minimum atomic E-state index is 0.280. The van der Waals surface area contributed by atoms with Gasteiger partial charge in [0.1, 0.15) is 0 Å². The Kier molecular flexibility index (Phi) is 3.08. The van der Waals surface area contributed by atoms with Crippen LogP contribution in [0.4, 0.5) is 5.95 Å². The Morgan fingerprint density at radius 3 is 2.89 bits per heavy atom. The van der Waals surface area contributed by atoms with Crippen LogP contribution in [0.3, 0.4) is 0 Å². The Morgan fingerprint density at radius 1 is 1.37 bits per heavy atom. The molecule has 1 aliphatic rings. The molecule has 0 bridgehead atoms. The summed E-state index contributed by atoms with van der Waals surface area (Å²) in [5, 5.41) is 0. The van der Waals surface area contributed by atoms with Crippen molar-refractivity contribution in [3.8, 4) is 0 Å². The first-order valence-corrected chi connectivity index (χ1v) is 7.71. The van der Waals surface area contributed by atoms with Crippen LogP contribution in [0.2, 0.25) is 0 Å². The van der Waals surface area contributed by atoms with Gasteiger partial charge in [-0.3, -0.25) is 0 Å². The smallest absolute Gasteiger partial charge is 0.201 e. The highest BCUT2D eigenvalue weighted by Gasteiger charge is 2.35. The van der Waals surface area contributed by atoms with Crippen molar-refractivity contribution in [1.29, 1.82) is 0 Å². The van der Waals surface area contributed by atoms with E-state index in [4.69, 9.17) is 5.73 Å². The lowest BCUT2D eigenvalue weighted by Crippen LogP contribution is -2.31. The molecule has 1 saturated carbocycles. The summed E-state index contributed by atoms with van der Waals surface area (Å²) in [6.45, 7) is 4.69. The molecule has 2 N–H and O–H groups in total. The van der Waals surface area contributed by atoms with Gasteiger partial charge in [-0.1, -0.05) is 42.6 Å². The van der Waals surface area contributed by atoms with E-state index in [2.05, 4.69) is 45.4 Å². The van der Waals surface area contributed by atoms with Crippen molar-refractivity contribution in [3.05, 3.63) is 22.7 Å². The van der Waals surface area contributed by atoms with Crippen LogP contribution in [0.5, 0.6) is 0 Å². The number of nitrogens with zero attached hydrogens (tertiary/aromatic N) is 2. The van der Waals surface area contributed by atoms with E-state index in [-0.39, 0.29) is 5.41 Å². The van der Waals surface area contributed by atoms with Gasteiger partial charge >= 0.3 is 0 Å². The monoisotopic (exact) mass is 321 g/mol. The second-order valence-electron chi connectivity index (χ2n) is 6.22. The molecule has 19 heavy (non-hydrogen) atoms. The molecule has 1 aromatic heterocycles. The van der Waals surface area contributed by atoms with Gasteiger partial charge in [-0.05, 0) is 36.5 Å². The molecular weight excluding hydrogens is 302 g/mol. The van der Waals surface area contributed by atoms with Gasteiger partial charge in [0, 0.05) is 10.5 Å². The first kappa shape index (κ1) is 13.0. The predicted molar refractivity (Wildman–Crippen MR) is 83.1 cm³/mol. The van der Waals surface area contributed by atoms with Crippen LogP contribution in [-0.2, 0) is 0 Å². The third kappa shape index (κ3) is 2.16. The highest BCUT2D eigenvalue weighted by molar-refractivity contribution is 9.10. The van der Waals surface area contributed by atoms with Gasteiger partial charge < -0.3 is 10.3 Å². The third-order valence-corrected chi connectivity index (χ3v) is 4.93. The topological polar surface area (TPSA) is 43.8 Å². The minimum Gasteiger partial charge on any atom is -0.369 e. The maximum Gasteiger partial charge on any atom is 0.201 e. The summed E-state index contributed by atoms with van der Waals surface area (Å²) in [7, 11) is 0. The van der Waals surface area contributed by atoms with Crippen molar-refractivity contribution in [3.63, 3.8) is 0 Å². The summed E-state index contributed by atoms with van der Waals surface area (Å²) in [4.78, 5) is 4.51. The number of nitrogen functional groups attached to an aromatic ring is 1. The lowest BCUT2D eigenvalue weighted by Gasteiger charge is -2.40. The zero-order valence-electron chi connectivity index (χ0n) is 11.5. The maximum absolute atomic E-state index is 6.19. The molecule has 1 aromatic carbocycles. The number of halogens is 1. The van der Waals surface area contributed by atoms with Crippen LogP contribution in [0.15, 0.2) is 22.7 Å². The number of rotatable bonds is 1. The average Bonchev–Trinajstić information content (AvgIpc) is 2.65. The number of imidazole rings is 1. The average molecular weight is 322 g/mol. The van der Waals surface area contributed by atoms with Gasteiger partial charge in [-0.2, -0.15) is 0 Å². The second kappa shape index (κ2) is 4.51. The van der Waals surface area contributed by atoms with Crippen LogP contribution in [-0.4, -0.2) is 9.55 Å². The Bertz CT molecular complexity index is 615. The number of nitrogens with two attached hydrogens (primary N) is 1. The Morgan fingerprint density at radius 2 is 2.16 bits per heavy atom. The van der Waals surface area contributed by atoms with E-state index in [1.807, 2.05) is 12.1 Å². The van der Waals surface area contributed by atoms with E-state index in [1.54, 1.807) is 0 Å². The van der Waals surface area contributed by atoms with Gasteiger partial charge in [0.15, 0.2) is 0 Å². The van der Waals surface area contributed by atoms with Crippen LogP contribution in [0.25, 0.3) is 11.0 Å². The first-order chi connectivity index (χ1) is 8.99. The Balaban J connectivity index is 2.18. The van der Waals surface area contributed by atoms with E-state index < -0.39 is 0 Å². The lowest BCUT2D eigenvalue weighted by molar-refractivity contribution is 0.149. The quantitative estimate of drug-likeness (QED) is 0.839. The fraction of sp³-hybridized carbons (Fsp3) is 0.533. The SMILES string of the molecule is CC1(C)CCCCC1n1c(N)nc2ccc(Br)cc21. The third-order valence-electron chi connectivity index (χ3n) is 4.44. The molecule has 102 valence electrons. The molecule has 1 atom stereocenters. The van der Waals surface area contributed by atoms with Crippen molar-refractivity contribution >= 4 is 32.9 Å². The molecule has 0 saturated heterocycles. The summed E-state index contributed by atoms with van der Waals surface area (Å²) in [6.07, 6.45) is 5.04. The molecule has 0 radical (unpaired) electrons. The highest BCUT2D eigenvalue weighted by Crippen LogP contribution is 2.46. The summed E-state index contributed by atoms with van der Waals surface area (Å²) in [5.41, 5.74) is 8.61. The molecule has 3 rings (SSSR count). The number of hydrogen-bond donors (Lipinski definition) is 1. The predicted octanol–water partition coefficient (Wildman–Crippen LogP) is 4.52. The van der Waals surface area contributed by atoms with E-state index in [9.17, 15) is 0 Å². The Hall–Kier alpha value is -1.03. The number of aromatic nitrogens is 2. The molecule has 0 spiro atoms. The summed E-state index contributed by atoms with van der Waals surface area (Å²) in [6, 6.07) is 6.62. The van der Waals surface area contributed by atoms with Gasteiger partial charge in [0.05, 0.1) is 11.0 Å². The van der Waals surface area contributed by atoms with E-state index in [0.29, 0.717) is 12.0 Å². The number of benzene rings is 1. The van der Waals surface area contributed by atoms with Crippen molar-refractivity contribution in [1.82, 2.24) is 9.55 Å². The molecule has 1 unspecified atom stereocenters. The standard InChI is InChI=1S/C15H20BrN3/c1-15(2)8-4-3-5-13(15)19-12-9-10(16)6-7-11(12)18-14(19)17/h6-7,9,13H,3-5,8H2,1-2H3,(H2,17,18). The fourth-order valence-electron chi connectivity index (χ4n) is 3.37. The fourth-order valence-corrected chi connectivity index (χ4v) is 3.72. The van der Waals surface area contributed by atoms with Crippen LogP contribution in [0.1, 0.15) is 45.6 Å². The molecule has 1 aliphatic carbocycles. The van der Waals surface area contributed by atoms with Crippen molar-refractivity contribution in [2.75, 3.05) is 5.73 Å². The summed E-state index contributed by atoms with van der Waals surface area (Å²) < 4.78 is 3.33. The van der Waals surface area contributed by atoms with Crippen LogP contribution < -0.4 is 5.73 Å². The van der Waals surface area contributed by atoms with Gasteiger partial charge in [0.25, 0.3) is 0 Å². The molecule has 4 heteroatoms. The molecule has 3 nitrogen and oxygen atoms in total. The zero-order chi connectivity index (χ0) is 13.6. The lowest BCUT2D eigenvalue weighted by atomic mass is 9.73. The summed E-state index contributed by atoms with van der Waals surface area (Å²) >= 11 is 3.55. The van der Waals surface area contributed by atoms with Crippen molar-refractivity contribution in [2.45, 2.75) is 45.6 Å². The number of anilines is 1. The normalized spacial score (nSPS) is 22.8. The maximum atomic E-state index is 6.19. The van der Waals surface area contributed by atoms with Gasteiger partial charge in [-0.15, -0.1) is 0 Å². The van der Waals surface area contributed by atoms with E-state index >= 15 is 0 Å². The minimum absolute atomic E-state index is 0.280. The van der Waals surface area contributed by atoms with E-state index in [1.165, 1.54) is 25.7 Å². The van der Waals surface area contributed by atoms with Crippen LogP contribution in [0, 0.1) is 5.41 Å². The van der Waals surface area contributed by atoms with Crippen molar-refractivity contribution < 1.29 is 0 Å². The largest absolute Gasteiger partial charge is 0.369 e. The second-order valence-corrected chi connectivity index (χ2v) is 7.14. The van der Waals surface area contributed by atoms with Gasteiger partial charge in [0.2, 0.25) is 5.95 Å². The molecule has 0 amide bonds. The number of fused-ring (bicyclic) bond motifs is 1. The molecule has 1 heterocycles.